The van der Waals surface area contributed by atoms with Crippen LogP contribution in [-0.4, -0.2) is 41.0 Å². The van der Waals surface area contributed by atoms with Crippen LogP contribution in [0.25, 0.3) is 0 Å². The Morgan fingerprint density at radius 3 is 2.32 bits per heavy atom. The zero-order chi connectivity index (χ0) is 14.4. The summed E-state index contributed by atoms with van der Waals surface area (Å²) in [6, 6.07) is 5.88. The van der Waals surface area contributed by atoms with Gasteiger partial charge in [0.05, 0.1) is 6.10 Å². The SMILES string of the molecule is CC(O)CN(CCC(=O)c1ccc(F)cc1)C(C)C. The van der Waals surface area contributed by atoms with Gasteiger partial charge in [-0.1, -0.05) is 0 Å². The maximum absolute atomic E-state index is 12.8. The Kier molecular flexibility index (Phi) is 6.12. The molecule has 0 amide bonds. The fourth-order valence-corrected chi connectivity index (χ4v) is 1.92. The van der Waals surface area contributed by atoms with E-state index in [1.165, 1.54) is 24.3 Å². The molecule has 19 heavy (non-hydrogen) atoms. The van der Waals surface area contributed by atoms with Crippen LogP contribution >= 0.6 is 0 Å². The molecular formula is C15H22FNO2. The highest BCUT2D eigenvalue weighted by atomic mass is 19.1. The summed E-state index contributed by atoms with van der Waals surface area (Å²) in [6.07, 6.45) is -0.0420. The third-order valence-corrected chi connectivity index (χ3v) is 3.02. The average molecular weight is 267 g/mol. The first kappa shape index (κ1) is 15.8. The standard InChI is InChI=1S/C15H22FNO2/c1-11(2)17(10-12(3)18)9-8-15(19)13-4-6-14(16)7-5-13/h4-7,11-12,18H,8-10H2,1-3H3. The highest BCUT2D eigenvalue weighted by Crippen LogP contribution is 2.08. The van der Waals surface area contributed by atoms with E-state index in [1.54, 1.807) is 6.92 Å². The van der Waals surface area contributed by atoms with Crippen LogP contribution in [0.15, 0.2) is 24.3 Å². The van der Waals surface area contributed by atoms with Crippen molar-refractivity contribution in [2.24, 2.45) is 0 Å². The quantitative estimate of drug-likeness (QED) is 0.772. The van der Waals surface area contributed by atoms with E-state index in [0.29, 0.717) is 25.1 Å². The summed E-state index contributed by atoms with van der Waals surface area (Å²) >= 11 is 0. The van der Waals surface area contributed by atoms with E-state index in [1.807, 2.05) is 13.8 Å². The lowest BCUT2D eigenvalue weighted by Gasteiger charge is -2.27. The Morgan fingerprint density at radius 2 is 1.84 bits per heavy atom. The molecule has 0 saturated carbocycles. The molecule has 1 aromatic rings. The number of Topliss-reactive ketones (excluding diaryl/α,β-unsaturated/α-hetero) is 1. The van der Waals surface area contributed by atoms with Gasteiger partial charge in [-0.25, -0.2) is 4.39 Å². The second-order valence-corrected chi connectivity index (χ2v) is 5.12. The molecule has 0 fully saturated rings. The largest absolute Gasteiger partial charge is 0.392 e. The lowest BCUT2D eigenvalue weighted by atomic mass is 10.1. The number of aliphatic hydroxyl groups excluding tert-OH is 1. The average Bonchev–Trinajstić information content (AvgIpc) is 2.34. The molecule has 0 aliphatic rings. The molecule has 106 valence electrons. The molecule has 0 aliphatic carbocycles. The number of carbonyl (C=O) groups excluding carboxylic acids is 1. The molecule has 1 atom stereocenters. The second kappa shape index (κ2) is 7.36. The monoisotopic (exact) mass is 267 g/mol. The molecule has 0 aromatic heterocycles. The predicted molar refractivity (Wildman–Crippen MR) is 73.7 cm³/mol. The Morgan fingerprint density at radius 1 is 1.26 bits per heavy atom. The first-order valence-electron chi connectivity index (χ1n) is 6.61. The fourth-order valence-electron chi connectivity index (χ4n) is 1.92. The normalized spacial score (nSPS) is 13.0. The number of hydrogen-bond donors (Lipinski definition) is 1. The second-order valence-electron chi connectivity index (χ2n) is 5.12. The Balaban J connectivity index is 2.54. The minimum absolute atomic E-state index is 0.00348. The summed E-state index contributed by atoms with van der Waals surface area (Å²) in [4.78, 5) is 14.0. The number of aliphatic hydroxyl groups is 1. The minimum atomic E-state index is -0.414. The summed E-state index contributed by atoms with van der Waals surface area (Å²) in [5, 5.41) is 9.42. The molecule has 1 N–H and O–H groups in total. The van der Waals surface area contributed by atoms with E-state index >= 15 is 0 Å². The van der Waals surface area contributed by atoms with Crippen molar-refractivity contribution >= 4 is 5.78 Å². The van der Waals surface area contributed by atoms with E-state index in [4.69, 9.17) is 0 Å². The number of benzene rings is 1. The van der Waals surface area contributed by atoms with E-state index in [9.17, 15) is 14.3 Å². The summed E-state index contributed by atoms with van der Waals surface area (Å²) in [5.74, 6) is -0.342. The van der Waals surface area contributed by atoms with Crippen molar-refractivity contribution in [3.8, 4) is 0 Å². The van der Waals surface area contributed by atoms with Crippen LogP contribution in [0.5, 0.6) is 0 Å². The van der Waals surface area contributed by atoms with Gasteiger partial charge in [0, 0.05) is 31.1 Å². The van der Waals surface area contributed by atoms with E-state index in [-0.39, 0.29) is 17.6 Å². The fraction of sp³-hybridized carbons (Fsp3) is 0.533. The summed E-state index contributed by atoms with van der Waals surface area (Å²) in [5.41, 5.74) is 0.530. The maximum Gasteiger partial charge on any atom is 0.164 e. The van der Waals surface area contributed by atoms with Gasteiger partial charge in [0.2, 0.25) is 0 Å². The summed E-state index contributed by atoms with van der Waals surface area (Å²) in [7, 11) is 0. The third-order valence-electron chi connectivity index (χ3n) is 3.02. The predicted octanol–water partition coefficient (Wildman–Crippen LogP) is 2.49. The van der Waals surface area contributed by atoms with Crippen molar-refractivity contribution in [2.45, 2.75) is 39.3 Å². The number of halogens is 1. The number of rotatable bonds is 7. The first-order chi connectivity index (χ1) is 8.90. The van der Waals surface area contributed by atoms with Gasteiger partial charge in [0.1, 0.15) is 5.82 Å². The third kappa shape index (κ3) is 5.49. The Bertz CT molecular complexity index is 401. The smallest absolute Gasteiger partial charge is 0.164 e. The lowest BCUT2D eigenvalue weighted by molar-refractivity contribution is 0.0881. The number of hydrogen-bond acceptors (Lipinski definition) is 3. The molecule has 0 aliphatic heterocycles. The molecule has 0 bridgehead atoms. The minimum Gasteiger partial charge on any atom is -0.392 e. The molecule has 0 saturated heterocycles. The van der Waals surface area contributed by atoms with Gasteiger partial charge in [0.15, 0.2) is 5.78 Å². The molecule has 0 spiro atoms. The van der Waals surface area contributed by atoms with Crippen molar-refractivity contribution in [1.82, 2.24) is 4.90 Å². The Hall–Kier alpha value is -1.26. The highest BCUT2D eigenvalue weighted by molar-refractivity contribution is 5.96. The Labute approximate surface area is 114 Å². The first-order valence-corrected chi connectivity index (χ1v) is 6.61. The van der Waals surface area contributed by atoms with E-state index in [0.717, 1.165) is 0 Å². The van der Waals surface area contributed by atoms with Crippen LogP contribution in [0.4, 0.5) is 4.39 Å². The summed E-state index contributed by atoms with van der Waals surface area (Å²) < 4.78 is 12.8. The van der Waals surface area contributed by atoms with Crippen molar-refractivity contribution in [2.75, 3.05) is 13.1 Å². The van der Waals surface area contributed by atoms with Gasteiger partial charge in [0.25, 0.3) is 0 Å². The number of carbonyl (C=O) groups is 1. The number of nitrogens with zero attached hydrogens (tertiary/aromatic N) is 1. The molecule has 0 heterocycles. The molecule has 1 rings (SSSR count). The van der Waals surface area contributed by atoms with Crippen molar-refractivity contribution in [1.29, 1.82) is 0 Å². The van der Waals surface area contributed by atoms with Crippen LogP contribution in [0.2, 0.25) is 0 Å². The van der Waals surface area contributed by atoms with Crippen LogP contribution in [-0.2, 0) is 0 Å². The van der Waals surface area contributed by atoms with Crippen LogP contribution in [0, 0.1) is 5.82 Å². The van der Waals surface area contributed by atoms with Gasteiger partial charge in [-0.2, -0.15) is 0 Å². The van der Waals surface area contributed by atoms with Crippen LogP contribution < -0.4 is 0 Å². The molecular weight excluding hydrogens is 245 g/mol. The van der Waals surface area contributed by atoms with Crippen molar-refractivity contribution < 1.29 is 14.3 Å². The molecule has 3 nitrogen and oxygen atoms in total. The van der Waals surface area contributed by atoms with Gasteiger partial charge in [-0.3, -0.25) is 9.69 Å². The van der Waals surface area contributed by atoms with Gasteiger partial charge < -0.3 is 5.11 Å². The van der Waals surface area contributed by atoms with Crippen molar-refractivity contribution in [3.05, 3.63) is 35.6 Å². The van der Waals surface area contributed by atoms with Gasteiger partial charge in [-0.05, 0) is 45.0 Å². The van der Waals surface area contributed by atoms with Crippen molar-refractivity contribution in [3.63, 3.8) is 0 Å². The van der Waals surface area contributed by atoms with Crippen LogP contribution in [0.3, 0.4) is 0 Å². The highest BCUT2D eigenvalue weighted by Gasteiger charge is 2.14. The van der Waals surface area contributed by atoms with Gasteiger partial charge in [-0.15, -0.1) is 0 Å². The molecule has 4 heteroatoms. The zero-order valence-electron chi connectivity index (χ0n) is 11.8. The molecule has 1 unspecified atom stereocenters. The van der Waals surface area contributed by atoms with E-state index in [2.05, 4.69) is 4.90 Å². The summed E-state index contributed by atoms with van der Waals surface area (Å²) in [6.45, 7) is 6.94. The van der Waals surface area contributed by atoms with E-state index < -0.39 is 6.10 Å². The topological polar surface area (TPSA) is 40.5 Å². The molecule has 0 radical (unpaired) electrons. The lowest BCUT2D eigenvalue weighted by Crippen LogP contribution is -2.38. The molecule has 1 aromatic carbocycles. The number of ketones is 1. The maximum atomic E-state index is 12.8. The zero-order valence-corrected chi connectivity index (χ0v) is 11.8. The van der Waals surface area contributed by atoms with Gasteiger partial charge >= 0.3 is 0 Å². The van der Waals surface area contributed by atoms with Crippen LogP contribution in [0.1, 0.15) is 37.6 Å².